The van der Waals surface area contributed by atoms with E-state index >= 15 is 0 Å². The number of hydrogen-bond donors (Lipinski definition) is 1. The number of nitrogens with zero attached hydrogens (tertiary/aromatic N) is 2. The van der Waals surface area contributed by atoms with Crippen LogP contribution in [0.15, 0.2) is 24.3 Å². The average molecular weight is 287 g/mol. The van der Waals surface area contributed by atoms with Crippen molar-refractivity contribution >= 4 is 24.1 Å². The van der Waals surface area contributed by atoms with Crippen molar-refractivity contribution in [3.8, 4) is 5.75 Å². The number of benzene rings is 1. The van der Waals surface area contributed by atoms with Gasteiger partial charge in [0, 0.05) is 37.9 Å². The fraction of sp³-hybridized carbons (Fsp3) is 0.462. The number of ether oxygens (including phenoxy) is 1. The van der Waals surface area contributed by atoms with Gasteiger partial charge in [0.2, 0.25) is 0 Å². The first kappa shape index (κ1) is 15.6. The van der Waals surface area contributed by atoms with E-state index in [1.165, 1.54) is 0 Å². The zero-order chi connectivity index (χ0) is 13.0. The van der Waals surface area contributed by atoms with Crippen molar-refractivity contribution in [3.63, 3.8) is 0 Å². The van der Waals surface area contributed by atoms with Crippen molar-refractivity contribution in [3.05, 3.63) is 24.3 Å². The highest BCUT2D eigenvalue weighted by molar-refractivity contribution is 5.85. The van der Waals surface area contributed by atoms with Gasteiger partial charge in [-0.15, -0.1) is 12.4 Å². The van der Waals surface area contributed by atoms with Gasteiger partial charge in [-0.3, -0.25) is 9.69 Å². The number of halogens is 1. The molecule has 0 radical (unpaired) electrons. The Balaban J connectivity index is 0.00000180. The van der Waals surface area contributed by atoms with Crippen LogP contribution in [-0.2, 0) is 4.79 Å². The van der Waals surface area contributed by atoms with Gasteiger partial charge in [0.1, 0.15) is 5.75 Å². The summed E-state index contributed by atoms with van der Waals surface area (Å²) in [5, 5.41) is 8.75. The fourth-order valence-corrected chi connectivity index (χ4v) is 2.16. The van der Waals surface area contributed by atoms with E-state index in [-0.39, 0.29) is 19.0 Å². The van der Waals surface area contributed by atoms with E-state index in [2.05, 4.69) is 11.0 Å². The number of hydrogen-bond acceptors (Lipinski definition) is 4. The Morgan fingerprint density at radius 2 is 2.00 bits per heavy atom. The Morgan fingerprint density at radius 3 is 2.58 bits per heavy atom. The predicted molar refractivity (Wildman–Crippen MR) is 76.5 cm³/mol. The van der Waals surface area contributed by atoms with Crippen LogP contribution in [0.3, 0.4) is 0 Å². The van der Waals surface area contributed by atoms with Crippen molar-refractivity contribution in [2.45, 2.75) is 0 Å². The zero-order valence-electron chi connectivity index (χ0n) is 10.9. The molecule has 1 aliphatic heterocycles. The molecular weight excluding hydrogens is 268 g/mol. The highest BCUT2D eigenvalue weighted by atomic mass is 35.5. The highest BCUT2D eigenvalue weighted by Gasteiger charge is 2.18. The second kappa shape index (κ2) is 7.21. The van der Waals surface area contributed by atoms with Crippen LogP contribution in [0.25, 0.3) is 0 Å². The third kappa shape index (κ3) is 4.29. The van der Waals surface area contributed by atoms with Crippen molar-refractivity contribution < 1.29 is 14.6 Å². The second-order valence-corrected chi connectivity index (χ2v) is 4.36. The summed E-state index contributed by atoms with van der Waals surface area (Å²) in [7, 11) is 1.66. The van der Waals surface area contributed by atoms with Crippen LogP contribution in [-0.4, -0.2) is 55.8 Å². The van der Waals surface area contributed by atoms with E-state index in [4.69, 9.17) is 9.84 Å². The van der Waals surface area contributed by atoms with Crippen molar-refractivity contribution in [1.82, 2.24) is 4.90 Å². The van der Waals surface area contributed by atoms with Gasteiger partial charge in [0.05, 0.1) is 13.7 Å². The standard InChI is InChI=1S/C13H18N2O3.ClH/c1-18-12-4-2-3-11(9-12)15-7-5-14(6-8-15)10-13(16)17;/h2-4,9H,5-8,10H2,1H3,(H,16,17);1H. The van der Waals surface area contributed by atoms with Gasteiger partial charge >= 0.3 is 5.97 Å². The molecule has 0 aliphatic carbocycles. The van der Waals surface area contributed by atoms with E-state index < -0.39 is 5.97 Å². The highest BCUT2D eigenvalue weighted by Crippen LogP contribution is 2.21. The third-order valence-corrected chi connectivity index (χ3v) is 3.15. The molecule has 0 spiro atoms. The number of methoxy groups -OCH3 is 1. The van der Waals surface area contributed by atoms with Gasteiger partial charge in [-0.2, -0.15) is 0 Å². The van der Waals surface area contributed by atoms with Crippen molar-refractivity contribution in [1.29, 1.82) is 0 Å². The lowest BCUT2D eigenvalue weighted by atomic mass is 10.2. The molecule has 106 valence electrons. The van der Waals surface area contributed by atoms with Crippen LogP contribution < -0.4 is 9.64 Å². The lowest BCUT2D eigenvalue weighted by Gasteiger charge is -2.35. The Kier molecular flexibility index (Phi) is 5.92. The SMILES string of the molecule is COc1cccc(N2CCN(CC(=O)O)CC2)c1.Cl. The topological polar surface area (TPSA) is 53.0 Å². The fourth-order valence-electron chi connectivity index (χ4n) is 2.16. The number of carbonyl (C=O) groups is 1. The molecule has 0 bridgehead atoms. The predicted octanol–water partition coefficient (Wildman–Crippen LogP) is 1.32. The number of carboxylic acids is 1. The summed E-state index contributed by atoms with van der Waals surface area (Å²) in [6, 6.07) is 7.95. The van der Waals surface area contributed by atoms with Crippen LogP contribution in [0.5, 0.6) is 5.75 Å². The first-order valence-electron chi connectivity index (χ1n) is 6.02. The molecule has 0 amide bonds. The van der Waals surface area contributed by atoms with E-state index in [0.717, 1.165) is 37.6 Å². The van der Waals surface area contributed by atoms with Gasteiger partial charge in [0.15, 0.2) is 0 Å². The number of carboxylic acid groups (broad SMARTS) is 1. The summed E-state index contributed by atoms with van der Waals surface area (Å²) >= 11 is 0. The van der Waals surface area contributed by atoms with Crippen molar-refractivity contribution in [2.75, 3.05) is 44.7 Å². The lowest BCUT2D eigenvalue weighted by Crippen LogP contribution is -2.47. The summed E-state index contributed by atoms with van der Waals surface area (Å²) in [5.41, 5.74) is 1.13. The van der Waals surface area contributed by atoms with Crippen LogP contribution in [0, 0.1) is 0 Å². The molecular formula is C13H19ClN2O3. The monoisotopic (exact) mass is 286 g/mol. The smallest absolute Gasteiger partial charge is 0.317 e. The molecule has 1 aromatic rings. The number of piperazine rings is 1. The summed E-state index contributed by atoms with van der Waals surface area (Å²) in [5.74, 6) is 0.0882. The van der Waals surface area contributed by atoms with Gasteiger partial charge in [-0.05, 0) is 12.1 Å². The minimum Gasteiger partial charge on any atom is -0.497 e. The lowest BCUT2D eigenvalue weighted by molar-refractivity contribution is -0.138. The average Bonchev–Trinajstić information content (AvgIpc) is 2.39. The molecule has 1 fully saturated rings. The van der Waals surface area contributed by atoms with E-state index in [1.54, 1.807) is 7.11 Å². The van der Waals surface area contributed by atoms with Gasteiger partial charge < -0.3 is 14.7 Å². The second-order valence-electron chi connectivity index (χ2n) is 4.36. The molecule has 2 rings (SSSR count). The molecule has 5 nitrogen and oxygen atoms in total. The first-order chi connectivity index (χ1) is 8.69. The van der Waals surface area contributed by atoms with Gasteiger partial charge in [0.25, 0.3) is 0 Å². The minimum atomic E-state index is -0.759. The van der Waals surface area contributed by atoms with Crippen LogP contribution in [0.1, 0.15) is 0 Å². The summed E-state index contributed by atoms with van der Waals surface area (Å²) in [6.07, 6.45) is 0. The molecule has 1 aromatic carbocycles. The molecule has 0 unspecified atom stereocenters. The molecule has 1 aliphatic rings. The number of aliphatic carboxylic acids is 1. The summed E-state index contributed by atoms with van der Waals surface area (Å²) in [6.45, 7) is 3.39. The molecule has 6 heteroatoms. The molecule has 0 saturated carbocycles. The molecule has 1 saturated heterocycles. The van der Waals surface area contributed by atoms with E-state index in [0.29, 0.717) is 0 Å². The molecule has 0 atom stereocenters. The Hall–Kier alpha value is -1.46. The van der Waals surface area contributed by atoms with Crippen LogP contribution in [0.2, 0.25) is 0 Å². The molecule has 1 N–H and O–H groups in total. The quantitative estimate of drug-likeness (QED) is 0.905. The van der Waals surface area contributed by atoms with Crippen molar-refractivity contribution in [2.24, 2.45) is 0 Å². The van der Waals surface area contributed by atoms with Crippen LogP contribution in [0.4, 0.5) is 5.69 Å². The summed E-state index contributed by atoms with van der Waals surface area (Å²) < 4.78 is 5.20. The molecule has 0 aromatic heterocycles. The van der Waals surface area contributed by atoms with Crippen LogP contribution >= 0.6 is 12.4 Å². The maximum atomic E-state index is 10.6. The maximum absolute atomic E-state index is 10.6. The van der Waals surface area contributed by atoms with Gasteiger partial charge in [-0.1, -0.05) is 6.07 Å². The Bertz CT molecular complexity index is 420. The summed E-state index contributed by atoms with van der Waals surface area (Å²) in [4.78, 5) is 14.8. The normalized spacial score (nSPS) is 15.7. The first-order valence-corrected chi connectivity index (χ1v) is 6.02. The maximum Gasteiger partial charge on any atom is 0.317 e. The molecule has 19 heavy (non-hydrogen) atoms. The molecule has 1 heterocycles. The van der Waals surface area contributed by atoms with E-state index in [9.17, 15) is 4.79 Å². The van der Waals surface area contributed by atoms with E-state index in [1.807, 2.05) is 23.1 Å². The zero-order valence-corrected chi connectivity index (χ0v) is 11.7. The Labute approximate surface area is 119 Å². The Morgan fingerprint density at radius 1 is 1.32 bits per heavy atom. The number of anilines is 1. The largest absolute Gasteiger partial charge is 0.497 e. The van der Waals surface area contributed by atoms with Gasteiger partial charge in [-0.25, -0.2) is 0 Å². The number of rotatable bonds is 4. The third-order valence-electron chi connectivity index (χ3n) is 3.15. The minimum absolute atomic E-state index is 0.